The molecule has 35 heavy (non-hydrogen) atoms. The van der Waals surface area contributed by atoms with Gasteiger partial charge in [0.2, 0.25) is 0 Å². The molecule has 0 radical (unpaired) electrons. The minimum atomic E-state index is -0.167. The number of ether oxygens (including phenoxy) is 2. The number of ketones is 1. The van der Waals surface area contributed by atoms with Crippen molar-refractivity contribution in [3.05, 3.63) is 82.1 Å². The molecule has 0 bridgehead atoms. The predicted molar refractivity (Wildman–Crippen MR) is 136 cm³/mol. The van der Waals surface area contributed by atoms with Crippen molar-refractivity contribution < 1.29 is 14.3 Å². The highest BCUT2D eigenvalue weighted by Gasteiger charge is 2.11. The van der Waals surface area contributed by atoms with Gasteiger partial charge in [-0.05, 0) is 35.7 Å². The Morgan fingerprint density at radius 2 is 1.83 bits per heavy atom. The number of carbonyl (C=O) groups is 1. The third-order valence-corrected chi connectivity index (χ3v) is 6.03. The number of rotatable bonds is 11. The lowest BCUT2D eigenvalue weighted by Gasteiger charge is -2.26. The van der Waals surface area contributed by atoms with E-state index in [0.29, 0.717) is 31.7 Å². The Morgan fingerprint density at radius 1 is 1.03 bits per heavy atom. The normalized spacial score (nSPS) is 14.1. The monoisotopic (exact) mass is 475 g/mol. The quantitative estimate of drug-likeness (QED) is 0.422. The molecule has 0 atom stereocenters. The van der Waals surface area contributed by atoms with E-state index in [4.69, 9.17) is 9.47 Å². The molecular formula is C28H33N3O4. The molecule has 0 amide bonds. The molecule has 7 heteroatoms. The van der Waals surface area contributed by atoms with E-state index in [2.05, 4.69) is 10.00 Å². The second-order valence-electron chi connectivity index (χ2n) is 8.83. The maximum Gasteiger partial charge on any atom is 0.267 e. The summed E-state index contributed by atoms with van der Waals surface area (Å²) in [6.07, 6.45) is 1.86. The van der Waals surface area contributed by atoms with E-state index >= 15 is 0 Å². The molecule has 1 aliphatic rings. The molecule has 0 saturated carbocycles. The SMILES string of the molecule is CCCC(=O)Cc1cccc(Cn2nc(-c3cccc(OCCN4CCOCC4)c3)ccc2=O)c1. The van der Waals surface area contributed by atoms with Gasteiger partial charge in [-0.2, -0.15) is 5.10 Å². The van der Waals surface area contributed by atoms with E-state index in [0.717, 1.165) is 61.7 Å². The Kier molecular flexibility index (Phi) is 8.81. The van der Waals surface area contributed by atoms with Crippen LogP contribution in [0, 0.1) is 0 Å². The fraction of sp³-hybridized carbons (Fsp3) is 0.393. The Bertz CT molecular complexity index is 1180. The van der Waals surface area contributed by atoms with Crippen molar-refractivity contribution in [3.63, 3.8) is 0 Å². The molecule has 1 aliphatic heterocycles. The minimum absolute atomic E-state index is 0.167. The predicted octanol–water partition coefficient (Wildman–Crippen LogP) is 3.58. The molecule has 0 aliphatic carbocycles. The average Bonchev–Trinajstić information content (AvgIpc) is 2.87. The average molecular weight is 476 g/mol. The van der Waals surface area contributed by atoms with Gasteiger partial charge in [-0.3, -0.25) is 14.5 Å². The highest BCUT2D eigenvalue weighted by molar-refractivity contribution is 5.80. The van der Waals surface area contributed by atoms with E-state index in [-0.39, 0.29) is 11.3 Å². The molecule has 1 aromatic heterocycles. The third-order valence-electron chi connectivity index (χ3n) is 6.03. The van der Waals surface area contributed by atoms with E-state index < -0.39 is 0 Å². The third kappa shape index (κ3) is 7.34. The molecule has 7 nitrogen and oxygen atoms in total. The van der Waals surface area contributed by atoms with Gasteiger partial charge >= 0.3 is 0 Å². The molecule has 2 aromatic carbocycles. The van der Waals surface area contributed by atoms with E-state index in [1.807, 2.05) is 55.5 Å². The Hall–Kier alpha value is -3.29. The number of benzene rings is 2. The highest BCUT2D eigenvalue weighted by Crippen LogP contribution is 2.22. The van der Waals surface area contributed by atoms with Crippen molar-refractivity contribution in [1.82, 2.24) is 14.7 Å². The van der Waals surface area contributed by atoms with Crippen LogP contribution in [-0.4, -0.2) is 59.9 Å². The van der Waals surface area contributed by atoms with Crippen molar-refractivity contribution in [3.8, 4) is 17.0 Å². The fourth-order valence-corrected chi connectivity index (χ4v) is 4.18. The molecule has 3 aromatic rings. The van der Waals surface area contributed by atoms with Gasteiger partial charge in [0.1, 0.15) is 18.1 Å². The standard InChI is InChI=1S/C28H33N3O4/c1-2-5-25(32)19-22-6-3-7-23(18-22)21-31-28(33)11-10-27(29-31)24-8-4-9-26(20-24)35-17-14-30-12-15-34-16-13-30/h3-4,6-11,18,20H,2,5,12-17,19,21H2,1H3. The molecule has 4 rings (SSSR count). The van der Waals surface area contributed by atoms with Gasteiger partial charge in [-0.15, -0.1) is 0 Å². The zero-order valence-corrected chi connectivity index (χ0v) is 20.3. The zero-order valence-electron chi connectivity index (χ0n) is 20.3. The van der Waals surface area contributed by atoms with E-state index in [1.165, 1.54) is 4.68 Å². The summed E-state index contributed by atoms with van der Waals surface area (Å²) >= 11 is 0. The molecule has 0 N–H and O–H groups in total. The van der Waals surface area contributed by atoms with Crippen LogP contribution in [-0.2, 0) is 22.5 Å². The van der Waals surface area contributed by atoms with Crippen LogP contribution in [0.5, 0.6) is 5.75 Å². The number of hydrogen-bond donors (Lipinski definition) is 0. The second kappa shape index (κ2) is 12.4. The van der Waals surface area contributed by atoms with Gasteiger partial charge in [-0.25, -0.2) is 4.68 Å². The number of Topliss-reactive ketones (excluding diaryl/α,β-unsaturated/α-hetero) is 1. The number of nitrogens with zero attached hydrogens (tertiary/aromatic N) is 3. The van der Waals surface area contributed by atoms with E-state index in [1.54, 1.807) is 12.1 Å². The van der Waals surface area contributed by atoms with Crippen LogP contribution < -0.4 is 10.3 Å². The van der Waals surface area contributed by atoms with Crippen molar-refractivity contribution in [1.29, 1.82) is 0 Å². The van der Waals surface area contributed by atoms with Crippen LogP contribution in [0.3, 0.4) is 0 Å². The van der Waals surface area contributed by atoms with Gasteiger partial charge in [0.25, 0.3) is 5.56 Å². The van der Waals surface area contributed by atoms with Gasteiger partial charge in [0, 0.05) is 44.1 Å². The molecule has 1 fully saturated rings. The Balaban J connectivity index is 1.43. The summed E-state index contributed by atoms with van der Waals surface area (Å²) in [5.74, 6) is 1.01. The van der Waals surface area contributed by atoms with Crippen molar-refractivity contribution in [2.24, 2.45) is 0 Å². The lowest BCUT2D eigenvalue weighted by atomic mass is 10.0. The minimum Gasteiger partial charge on any atom is -0.492 e. The number of aromatic nitrogens is 2. The Labute approximate surface area is 206 Å². The Morgan fingerprint density at radius 3 is 2.66 bits per heavy atom. The molecular weight excluding hydrogens is 442 g/mol. The first kappa shape index (κ1) is 24.8. The molecule has 184 valence electrons. The molecule has 2 heterocycles. The van der Waals surface area contributed by atoms with Crippen LogP contribution in [0.2, 0.25) is 0 Å². The summed E-state index contributed by atoms with van der Waals surface area (Å²) in [7, 11) is 0. The molecule has 0 unspecified atom stereocenters. The lowest BCUT2D eigenvalue weighted by Crippen LogP contribution is -2.38. The molecule has 0 spiro atoms. The maximum atomic E-state index is 12.5. The fourth-order valence-electron chi connectivity index (χ4n) is 4.18. The summed E-state index contributed by atoms with van der Waals surface area (Å²) in [4.78, 5) is 26.9. The first-order valence-electron chi connectivity index (χ1n) is 12.3. The second-order valence-corrected chi connectivity index (χ2v) is 8.83. The van der Waals surface area contributed by atoms with Crippen molar-refractivity contribution >= 4 is 5.78 Å². The van der Waals surface area contributed by atoms with Gasteiger partial charge < -0.3 is 9.47 Å². The summed E-state index contributed by atoms with van der Waals surface area (Å²) in [5.41, 5.74) is 3.34. The van der Waals surface area contributed by atoms with E-state index in [9.17, 15) is 9.59 Å². The zero-order chi connectivity index (χ0) is 24.5. The highest BCUT2D eigenvalue weighted by atomic mass is 16.5. The van der Waals surface area contributed by atoms with Gasteiger partial charge in [0.15, 0.2) is 0 Å². The number of hydrogen-bond acceptors (Lipinski definition) is 6. The van der Waals surface area contributed by atoms with Crippen LogP contribution in [0.25, 0.3) is 11.3 Å². The smallest absolute Gasteiger partial charge is 0.267 e. The maximum absolute atomic E-state index is 12.5. The van der Waals surface area contributed by atoms with Crippen molar-refractivity contribution in [2.45, 2.75) is 32.7 Å². The van der Waals surface area contributed by atoms with Gasteiger partial charge in [-0.1, -0.05) is 43.3 Å². The number of morpholine rings is 1. The summed E-state index contributed by atoms with van der Waals surface area (Å²) in [6, 6.07) is 18.9. The number of carbonyl (C=O) groups excluding carboxylic acids is 1. The van der Waals surface area contributed by atoms with Crippen LogP contribution in [0.1, 0.15) is 30.9 Å². The lowest BCUT2D eigenvalue weighted by molar-refractivity contribution is -0.118. The van der Waals surface area contributed by atoms with Crippen LogP contribution in [0.15, 0.2) is 65.5 Å². The topological polar surface area (TPSA) is 73.7 Å². The van der Waals surface area contributed by atoms with Crippen molar-refractivity contribution in [2.75, 3.05) is 39.5 Å². The first-order chi connectivity index (χ1) is 17.1. The summed E-state index contributed by atoms with van der Waals surface area (Å²) in [6.45, 7) is 7.24. The largest absolute Gasteiger partial charge is 0.492 e. The first-order valence-corrected chi connectivity index (χ1v) is 12.3. The molecule has 1 saturated heterocycles. The van der Waals surface area contributed by atoms with Crippen LogP contribution >= 0.6 is 0 Å². The summed E-state index contributed by atoms with van der Waals surface area (Å²) in [5, 5.41) is 4.61. The van der Waals surface area contributed by atoms with Gasteiger partial charge in [0.05, 0.1) is 25.5 Å². The van der Waals surface area contributed by atoms with Crippen LogP contribution in [0.4, 0.5) is 0 Å². The summed E-state index contributed by atoms with van der Waals surface area (Å²) < 4.78 is 12.8.